The average molecular weight is 409 g/mol. The Balaban J connectivity index is 2.30. The zero-order valence-corrected chi connectivity index (χ0v) is 17.0. The number of rotatable bonds is 6. The molecule has 4 unspecified atom stereocenters. The molecule has 2 aliphatic rings. The fourth-order valence-electron chi connectivity index (χ4n) is 4.30. The molecule has 3 rings (SSSR count). The van der Waals surface area contributed by atoms with Crippen molar-refractivity contribution in [2.45, 2.75) is 31.8 Å². The quantitative estimate of drug-likeness (QED) is 0.705. The molecule has 1 fully saturated rings. The molecule has 2 heterocycles. The molecule has 0 aliphatic carbocycles. The third kappa shape index (κ3) is 3.12. The Hall–Kier alpha value is -3.60. The summed E-state index contributed by atoms with van der Waals surface area (Å²) in [5, 5.41) is 10.3. The Bertz CT molecular complexity index is 993. The number of ketones is 1. The van der Waals surface area contributed by atoms with Crippen LogP contribution in [0.15, 0.2) is 48.2 Å². The fourth-order valence-corrected chi connectivity index (χ4v) is 4.30. The zero-order valence-electron chi connectivity index (χ0n) is 17.0. The summed E-state index contributed by atoms with van der Waals surface area (Å²) in [5.41, 5.74) is 4.89. The van der Waals surface area contributed by atoms with Gasteiger partial charge in [0.2, 0.25) is 5.91 Å². The van der Waals surface area contributed by atoms with Crippen molar-refractivity contribution in [2.24, 2.45) is 11.1 Å². The standard InChI is InChI=1S/C22H23N3O5/c1-4-30-21(28)22(12-23)17-9-8-15(13(2)26)11-25(17)19(20(24)27)18(22)14-6-5-7-16(10-14)29-3/h5-11,17-19H,4H2,1-3H3,(H2,24,27). The molecule has 30 heavy (non-hydrogen) atoms. The summed E-state index contributed by atoms with van der Waals surface area (Å²) < 4.78 is 10.6. The number of nitriles is 1. The maximum absolute atomic E-state index is 13.2. The molecule has 4 atom stereocenters. The topological polar surface area (TPSA) is 123 Å². The summed E-state index contributed by atoms with van der Waals surface area (Å²) in [6.07, 6.45) is 4.64. The van der Waals surface area contributed by atoms with E-state index < -0.39 is 35.3 Å². The molecule has 0 spiro atoms. The van der Waals surface area contributed by atoms with E-state index in [2.05, 4.69) is 6.07 Å². The highest BCUT2D eigenvalue weighted by Gasteiger charge is 2.66. The number of Topliss-reactive ketones (excluding diaryl/α,β-unsaturated/α-hetero) is 1. The summed E-state index contributed by atoms with van der Waals surface area (Å²) >= 11 is 0. The SMILES string of the molecule is CCOC(=O)C1(C#N)C(c2cccc(OC)c2)C(C(N)=O)N2C=C(C(C)=O)C=CC21. The maximum atomic E-state index is 13.2. The van der Waals surface area contributed by atoms with Gasteiger partial charge in [-0.05, 0) is 31.5 Å². The van der Waals surface area contributed by atoms with E-state index in [4.69, 9.17) is 15.2 Å². The van der Waals surface area contributed by atoms with Gasteiger partial charge in [-0.1, -0.05) is 24.3 Å². The number of primary amides is 1. The highest BCUT2D eigenvalue weighted by atomic mass is 16.5. The van der Waals surface area contributed by atoms with Gasteiger partial charge in [-0.3, -0.25) is 14.4 Å². The Kier molecular flexibility index (Phi) is 5.65. The van der Waals surface area contributed by atoms with Crippen molar-refractivity contribution in [3.05, 3.63) is 53.8 Å². The second kappa shape index (κ2) is 8.03. The van der Waals surface area contributed by atoms with Gasteiger partial charge >= 0.3 is 5.97 Å². The van der Waals surface area contributed by atoms with E-state index in [1.54, 1.807) is 43.3 Å². The second-order valence-corrected chi connectivity index (χ2v) is 7.19. The number of nitrogens with two attached hydrogens (primary N) is 1. The average Bonchev–Trinajstić information content (AvgIpc) is 3.04. The van der Waals surface area contributed by atoms with Crippen LogP contribution in [0.5, 0.6) is 5.75 Å². The molecule has 0 bridgehead atoms. The monoisotopic (exact) mass is 409 g/mol. The zero-order chi connectivity index (χ0) is 22.1. The lowest BCUT2D eigenvalue weighted by atomic mass is 9.68. The molecule has 8 heteroatoms. The van der Waals surface area contributed by atoms with E-state index in [0.717, 1.165) is 0 Å². The van der Waals surface area contributed by atoms with E-state index in [-0.39, 0.29) is 12.4 Å². The number of carbonyl (C=O) groups is 3. The lowest BCUT2D eigenvalue weighted by Crippen LogP contribution is -2.45. The van der Waals surface area contributed by atoms with Crippen LogP contribution in [0.2, 0.25) is 0 Å². The minimum Gasteiger partial charge on any atom is -0.497 e. The van der Waals surface area contributed by atoms with E-state index in [9.17, 15) is 19.6 Å². The predicted octanol–water partition coefficient (Wildman–Crippen LogP) is 1.43. The second-order valence-electron chi connectivity index (χ2n) is 7.19. The minimum absolute atomic E-state index is 0.0688. The Morgan fingerprint density at radius 2 is 2.07 bits per heavy atom. The number of methoxy groups -OCH3 is 1. The number of hydrogen-bond acceptors (Lipinski definition) is 7. The van der Waals surface area contributed by atoms with Crippen LogP contribution in [0.3, 0.4) is 0 Å². The fraction of sp³-hybridized carbons (Fsp3) is 0.364. The highest BCUT2D eigenvalue weighted by Crippen LogP contribution is 2.54. The van der Waals surface area contributed by atoms with Gasteiger partial charge in [0.1, 0.15) is 11.8 Å². The first-order chi connectivity index (χ1) is 14.3. The number of esters is 1. The van der Waals surface area contributed by atoms with Gasteiger partial charge in [-0.25, -0.2) is 0 Å². The molecule has 156 valence electrons. The van der Waals surface area contributed by atoms with Crippen molar-refractivity contribution in [2.75, 3.05) is 13.7 Å². The van der Waals surface area contributed by atoms with Crippen molar-refractivity contribution in [1.82, 2.24) is 4.90 Å². The number of allylic oxidation sites excluding steroid dienone is 2. The molecular formula is C22H23N3O5. The van der Waals surface area contributed by atoms with Crippen molar-refractivity contribution in [1.29, 1.82) is 5.26 Å². The smallest absolute Gasteiger partial charge is 0.329 e. The molecule has 1 saturated heterocycles. The first kappa shape index (κ1) is 21.1. The van der Waals surface area contributed by atoms with Crippen molar-refractivity contribution in [3.63, 3.8) is 0 Å². The Labute approximate surface area is 174 Å². The van der Waals surface area contributed by atoms with Gasteiger partial charge in [0.05, 0.1) is 25.8 Å². The molecule has 1 amide bonds. The van der Waals surface area contributed by atoms with E-state index in [1.807, 2.05) is 0 Å². The highest BCUT2D eigenvalue weighted by molar-refractivity contribution is 5.97. The van der Waals surface area contributed by atoms with Gasteiger partial charge in [0.25, 0.3) is 0 Å². The molecule has 2 N–H and O–H groups in total. The van der Waals surface area contributed by atoms with E-state index in [1.165, 1.54) is 25.1 Å². The summed E-state index contributed by atoms with van der Waals surface area (Å²) in [6.45, 7) is 3.11. The molecular weight excluding hydrogens is 386 g/mol. The molecule has 0 aromatic heterocycles. The van der Waals surface area contributed by atoms with Crippen LogP contribution >= 0.6 is 0 Å². The van der Waals surface area contributed by atoms with Crippen molar-refractivity contribution < 1.29 is 23.9 Å². The minimum atomic E-state index is -1.75. The van der Waals surface area contributed by atoms with Gasteiger partial charge in [-0.15, -0.1) is 0 Å². The largest absolute Gasteiger partial charge is 0.497 e. The van der Waals surface area contributed by atoms with Crippen LogP contribution in [0.1, 0.15) is 25.3 Å². The van der Waals surface area contributed by atoms with Crippen LogP contribution in [-0.4, -0.2) is 48.4 Å². The summed E-state index contributed by atoms with van der Waals surface area (Å²) in [5.74, 6) is -2.11. The first-order valence-electron chi connectivity index (χ1n) is 9.51. The maximum Gasteiger partial charge on any atom is 0.329 e. The summed E-state index contributed by atoms with van der Waals surface area (Å²) in [7, 11) is 1.50. The van der Waals surface area contributed by atoms with Crippen LogP contribution in [-0.2, 0) is 19.1 Å². The van der Waals surface area contributed by atoms with Crippen LogP contribution < -0.4 is 10.5 Å². The predicted molar refractivity (Wildman–Crippen MR) is 107 cm³/mol. The van der Waals surface area contributed by atoms with Gasteiger partial charge in [-0.2, -0.15) is 5.26 Å². The van der Waals surface area contributed by atoms with Gasteiger partial charge < -0.3 is 20.1 Å². The molecule has 0 saturated carbocycles. The Morgan fingerprint density at radius 1 is 1.33 bits per heavy atom. The number of hydrogen-bond donors (Lipinski definition) is 1. The normalized spacial score (nSPS) is 26.9. The molecule has 1 aromatic rings. The van der Waals surface area contributed by atoms with Crippen LogP contribution in [0.25, 0.3) is 0 Å². The summed E-state index contributed by atoms with van der Waals surface area (Å²) in [4.78, 5) is 39.3. The number of fused-ring (bicyclic) bond motifs is 1. The van der Waals surface area contributed by atoms with Crippen molar-refractivity contribution >= 4 is 17.7 Å². The number of amides is 1. The van der Waals surface area contributed by atoms with E-state index >= 15 is 0 Å². The third-order valence-electron chi connectivity index (χ3n) is 5.61. The lowest BCUT2D eigenvalue weighted by molar-refractivity contribution is -0.153. The number of nitrogens with zero attached hydrogens (tertiary/aromatic N) is 2. The summed E-state index contributed by atoms with van der Waals surface area (Å²) in [6, 6.07) is 7.08. The Morgan fingerprint density at radius 3 is 2.63 bits per heavy atom. The van der Waals surface area contributed by atoms with Crippen LogP contribution in [0.4, 0.5) is 0 Å². The lowest BCUT2D eigenvalue weighted by Gasteiger charge is -2.32. The van der Waals surface area contributed by atoms with Gasteiger partial charge in [0.15, 0.2) is 11.2 Å². The number of benzene rings is 1. The van der Waals surface area contributed by atoms with Crippen molar-refractivity contribution in [3.8, 4) is 11.8 Å². The number of carbonyl (C=O) groups excluding carboxylic acids is 3. The van der Waals surface area contributed by atoms with E-state index in [0.29, 0.717) is 16.9 Å². The first-order valence-corrected chi connectivity index (χ1v) is 9.51. The van der Waals surface area contributed by atoms with Crippen LogP contribution in [0, 0.1) is 16.7 Å². The molecule has 0 radical (unpaired) electrons. The molecule has 1 aromatic carbocycles. The van der Waals surface area contributed by atoms with Gasteiger partial charge in [0, 0.05) is 17.7 Å². The molecule has 2 aliphatic heterocycles. The number of ether oxygens (including phenoxy) is 2. The molecule has 8 nitrogen and oxygen atoms in total. The third-order valence-corrected chi connectivity index (χ3v) is 5.61.